The van der Waals surface area contributed by atoms with Crippen molar-refractivity contribution in [3.05, 3.63) is 35.6 Å². The van der Waals surface area contributed by atoms with Crippen LogP contribution in [0.4, 0.5) is 4.39 Å². The quantitative estimate of drug-likeness (QED) is 0.850. The summed E-state index contributed by atoms with van der Waals surface area (Å²) in [6.07, 6.45) is 4.76. The number of nitrogens with one attached hydrogen (secondary N) is 1. The second-order valence-electron chi connectivity index (χ2n) is 6.09. The van der Waals surface area contributed by atoms with Crippen LogP contribution in [0.1, 0.15) is 31.7 Å². The molecule has 1 aliphatic rings. The zero-order valence-electron chi connectivity index (χ0n) is 12.2. The second-order valence-corrected chi connectivity index (χ2v) is 6.09. The molecular formula is C16H25FN2. The maximum atomic E-state index is 13.1. The topological polar surface area (TPSA) is 15.3 Å². The van der Waals surface area contributed by atoms with E-state index in [1.165, 1.54) is 25.3 Å². The summed E-state index contributed by atoms with van der Waals surface area (Å²) in [5.41, 5.74) is 1.41. The highest BCUT2D eigenvalue weighted by Crippen LogP contribution is 2.35. The van der Waals surface area contributed by atoms with Gasteiger partial charge in [0.25, 0.3) is 0 Å². The molecule has 1 unspecified atom stereocenters. The smallest absolute Gasteiger partial charge is 0.123 e. The average molecular weight is 264 g/mol. The van der Waals surface area contributed by atoms with Crippen LogP contribution in [0.15, 0.2) is 24.3 Å². The van der Waals surface area contributed by atoms with Crippen molar-refractivity contribution in [2.75, 3.05) is 20.6 Å². The predicted molar refractivity (Wildman–Crippen MR) is 77.8 cm³/mol. The number of halogens is 1. The lowest BCUT2D eigenvalue weighted by molar-refractivity contribution is 0.0577. The van der Waals surface area contributed by atoms with E-state index in [0.29, 0.717) is 11.6 Å². The van der Waals surface area contributed by atoms with Gasteiger partial charge < -0.3 is 10.2 Å². The van der Waals surface area contributed by atoms with Gasteiger partial charge >= 0.3 is 0 Å². The number of nitrogens with zero attached hydrogens (tertiary/aromatic N) is 1. The van der Waals surface area contributed by atoms with E-state index >= 15 is 0 Å². The largest absolute Gasteiger partial charge is 0.312 e. The standard InChI is InChI=1S/C16H25FN2/c1-13(10-14-6-4-7-15(17)11-14)18-12-16(19(2)3)8-5-9-16/h4,6-7,11,13,18H,5,8-10,12H2,1-3H3. The third-order valence-electron chi connectivity index (χ3n) is 4.44. The zero-order chi connectivity index (χ0) is 13.9. The highest BCUT2D eigenvalue weighted by molar-refractivity contribution is 5.17. The Morgan fingerprint density at radius 1 is 1.37 bits per heavy atom. The summed E-state index contributed by atoms with van der Waals surface area (Å²) in [6, 6.07) is 7.27. The van der Waals surface area contributed by atoms with Crippen molar-refractivity contribution >= 4 is 0 Å². The molecule has 0 spiro atoms. The SMILES string of the molecule is CC(Cc1cccc(F)c1)NCC1(N(C)C)CCC1. The third kappa shape index (κ3) is 3.54. The molecule has 1 atom stereocenters. The molecule has 1 saturated carbocycles. The van der Waals surface area contributed by atoms with Gasteiger partial charge in [-0.1, -0.05) is 12.1 Å². The lowest BCUT2D eigenvalue weighted by Crippen LogP contribution is -2.57. The van der Waals surface area contributed by atoms with Gasteiger partial charge in [0, 0.05) is 18.1 Å². The first-order valence-electron chi connectivity index (χ1n) is 7.17. The van der Waals surface area contributed by atoms with E-state index in [1.807, 2.05) is 6.07 Å². The molecule has 3 heteroatoms. The molecular weight excluding hydrogens is 239 g/mol. The Kier molecular flexibility index (Phi) is 4.58. The molecule has 106 valence electrons. The Labute approximate surface area is 116 Å². The first-order valence-corrected chi connectivity index (χ1v) is 7.17. The fraction of sp³-hybridized carbons (Fsp3) is 0.625. The van der Waals surface area contributed by atoms with E-state index in [0.717, 1.165) is 18.5 Å². The molecule has 0 aromatic heterocycles. The summed E-state index contributed by atoms with van der Waals surface area (Å²) in [4.78, 5) is 2.35. The number of rotatable bonds is 6. The molecule has 0 saturated heterocycles. The van der Waals surface area contributed by atoms with Gasteiger partial charge in [-0.15, -0.1) is 0 Å². The van der Waals surface area contributed by atoms with Gasteiger partial charge in [0.05, 0.1) is 0 Å². The summed E-state index contributed by atoms with van der Waals surface area (Å²) >= 11 is 0. The van der Waals surface area contributed by atoms with Crippen molar-refractivity contribution < 1.29 is 4.39 Å². The summed E-state index contributed by atoms with van der Waals surface area (Å²) in [6.45, 7) is 3.20. The van der Waals surface area contributed by atoms with Crippen molar-refractivity contribution in [1.82, 2.24) is 10.2 Å². The first-order chi connectivity index (χ1) is 9.02. The number of likely N-dealkylation sites (N-methyl/N-ethyl adjacent to an activating group) is 1. The van der Waals surface area contributed by atoms with Crippen LogP contribution in [0.3, 0.4) is 0 Å². The van der Waals surface area contributed by atoms with E-state index in [9.17, 15) is 4.39 Å². The highest BCUT2D eigenvalue weighted by Gasteiger charge is 2.38. The zero-order valence-corrected chi connectivity index (χ0v) is 12.2. The van der Waals surface area contributed by atoms with E-state index in [1.54, 1.807) is 12.1 Å². The molecule has 0 heterocycles. The van der Waals surface area contributed by atoms with Crippen LogP contribution in [0.2, 0.25) is 0 Å². The molecule has 0 radical (unpaired) electrons. The Hall–Kier alpha value is -0.930. The van der Waals surface area contributed by atoms with Crippen LogP contribution in [0, 0.1) is 5.82 Å². The van der Waals surface area contributed by atoms with Gasteiger partial charge in [-0.3, -0.25) is 0 Å². The Morgan fingerprint density at radius 2 is 2.11 bits per heavy atom. The van der Waals surface area contributed by atoms with Crippen molar-refractivity contribution in [3.63, 3.8) is 0 Å². The van der Waals surface area contributed by atoms with Gasteiger partial charge in [0.1, 0.15) is 5.82 Å². The number of benzene rings is 1. The summed E-state index contributed by atoms with van der Waals surface area (Å²) < 4.78 is 13.1. The minimum absolute atomic E-state index is 0.145. The molecule has 1 aromatic rings. The number of hydrogen-bond donors (Lipinski definition) is 1. The molecule has 1 N–H and O–H groups in total. The van der Waals surface area contributed by atoms with Gasteiger partial charge in [-0.25, -0.2) is 4.39 Å². The molecule has 1 aliphatic carbocycles. The molecule has 19 heavy (non-hydrogen) atoms. The minimum Gasteiger partial charge on any atom is -0.312 e. The third-order valence-corrected chi connectivity index (χ3v) is 4.44. The summed E-state index contributed by atoms with van der Waals surface area (Å²) in [5, 5.41) is 3.61. The van der Waals surface area contributed by atoms with Gasteiger partial charge in [0.15, 0.2) is 0 Å². The van der Waals surface area contributed by atoms with Crippen molar-refractivity contribution in [2.24, 2.45) is 0 Å². The molecule has 0 aliphatic heterocycles. The van der Waals surface area contributed by atoms with Crippen molar-refractivity contribution in [1.29, 1.82) is 0 Å². The van der Waals surface area contributed by atoms with Crippen molar-refractivity contribution in [3.8, 4) is 0 Å². The highest BCUT2D eigenvalue weighted by atomic mass is 19.1. The monoisotopic (exact) mass is 264 g/mol. The lowest BCUT2D eigenvalue weighted by Gasteiger charge is -2.48. The van der Waals surface area contributed by atoms with Crippen LogP contribution < -0.4 is 5.32 Å². The normalized spacial score (nSPS) is 19.2. The maximum Gasteiger partial charge on any atom is 0.123 e. The lowest BCUT2D eigenvalue weighted by atomic mass is 9.75. The number of hydrogen-bond acceptors (Lipinski definition) is 2. The predicted octanol–water partition coefficient (Wildman–Crippen LogP) is 2.83. The first kappa shape index (κ1) is 14.5. The molecule has 0 amide bonds. The van der Waals surface area contributed by atoms with E-state index in [4.69, 9.17) is 0 Å². The Balaban J connectivity index is 1.83. The van der Waals surface area contributed by atoms with Crippen LogP contribution in [0.25, 0.3) is 0 Å². The van der Waals surface area contributed by atoms with Gasteiger partial charge in [-0.2, -0.15) is 0 Å². The Morgan fingerprint density at radius 3 is 2.63 bits per heavy atom. The minimum atomic E-state index is -0.145. The fourth-order valence-electron chi connectivity index (χ4n) is 2.82. The van der Waals surface area contributed by atoms with Gasteiger partial charge in [-0.05, 0) is 64.4 Å². The van der Waals surface area contributed by atoms with Crippen molar-refractivity contribution in [2.45, 2.75) is 44.2 Å². The van der Waals surface area contributed by atoms with Crippen LogP contribution in [0.5, 0.6) is 0 Å². The fourth-order valence-corrected chi connectivity index (χ4v) is 2.82. The molecule has 2 rings (SSSR count). The average Bonchev–Trinajstić information content (AvgIpc) is 2.26. The second kappa shape index (κ2) is 6.02. The van der Waals surface area contributed by atoms with Gasteiger partial charge in [0.2, 0.25) is 0 Å². The Bertz CT molecular complexity index is 413. The summed E-state index contributed by atoms with van der Waals surface area (Å²) in [5.74, 6) is -0.145. The van der Waals surface area contributed by atoms with Crippen LogP contribution in [-0.4, -0.2) is 37.1 Å². The summed E-state index contributed by atoms with van der Waals surface area (Å²) in [7, 11) is 4.33. The van der Waals surface area contributed by atoms with E-state index in [-0.39, 0.29) is 5.82 Å². The maximum absolute atomic E-state index is 13.1. The molecule has 1 fully saturated rings. The van der Waals surface area contributed by atoms with Crippen LogP contribution >= 0.6 is 0 Å². The molecule has 2 nitrogen and oxygen atoms in total. The van der Waals surface area contributed by atoms with E-state index in [2.05, 4.69) is 31.2 Å². The molecule has 0 bridgehead atoms. The van der Waals surface area contributed by atoms with E-state index < -0.39 is 0 Å². The molecule has 1 aromatic carbocycles. The van der Waals surface area contributed by atoms with Crippen LogP contribution in [-0.2, 0) is 6.42 Å².